The number of hydrogen-bond donors (Lipinski definition) is 4. The van der Waals surface area contributed by atoms with Gasteiger partial charge in [0.1, 0.15) is 0 Å². The number of aryl methyl sites for hydroxylation is 1. The van der Waals surface area contributed by atoms with Crippen molar-refractivity contribution in [3.63, 3.8) is 0 Å². The van der Waals surface area contributed by atoms with Crippen molar-refractivity contribution < 1.29 is 15.0 Å². The third-order valence-electron chi connectivity index (χ3n) is 6.20. The first-order valence-electron chi connectivity index (χ1n) is 10.8. The minimum absolute atomic E-state index is 0.160. The van der Waals surface area contributed by atoms with Crippen molar-refractivity contribution in [1.82, 2.24) is 20.5 Å². The van der Waals surface area contributed by atoms with Gasteiger partial charge in [0.25, 0.3) is 0 Å². The number of aromatic nitrogens is 1. The van der Waals surface area contributed by atoms with Crippen LogP contribution >= 0.6 is 11.3 Å². The van der Waals surface area contributed by atoms with Gasteiger partial charge < -0.3 is 25.7 Å². The zero-order chi connectivity index (χ0) is 22.0. The van der Waals surface area contributed by atoms with E-state index < -0.39 is 12.1 Å². The van der Waals surface area contributed by atoms with Gasteiger partial charge in [0.2, 0.25) is 5.91 Å². The van der Waals surface area contributed by atoms with Crippen molar-refractivity contribution >= 4 is 22.9 Å². The number of likely N-dealkylation sites (N-methyl/N-ethyl adjacent to an activating group) is 1. The van der Waals surface area contributed by atoms with E-state index in [1.165, 1.54) is 0 Å². The highest BCUT2D eigenvalue weighted by atomic mass is 32.1. The molecule has 8 nitrogen and oxygen atoms in total. The fourth-order valence-electron chi connectivity index (χ4n) is 4.51. The molecule has 2 aromatic rings. The number of amides is 1. The van der Waals surface area contributed by atoms with Gasteiger partial charge in [0, 0.05) is 44.0 Å². The number of benzene rings is 1. The Labute approximate surface area is 186 Å². The van der Waals surface area contributed by atoms with E-state index in [9.17, 15) is 15.0 Å². The molecule has 4 N–H and O–H groups in total. The molecule has 3 heterocycles. The molecule has 168 valence electrons. The highest BCUT2D eigenvalue weighted by Gasteiger charge is 2.35. The Morgan fingerprint density at radius 3 is 2.77 bits per heavy atom. The number of nitrogens with zero attached hydrogens (tertiary/aromatic N) is 3. The first-order chi connectivity index (χ1) is 15.0. The Bertz CT molecular complexity index is 914. The monoisotopic (exact) mass is 445 g/mol. The highest BCUT2D eigenvalue weighted by molar-refractivity contribution is 7.13. The molecule has 2 saturated heterocycles. The lowest BCUT2D eigenvalue weighted by molar-refractivity contribution is -0.126. The molecule has 2 aliphatic heterocycles. The van der Waals surface area contributed by atoms with E-state index in [2.05, 4.69) is 26.6 Å². The molecule has 2 fully saturated rings. The third-order valence-corrected chi connectivity index (χ3v) is 7.18. The molecule has 4 rings (SSSR count). The van der Waals surface area contributed by atoms with Crippen molar-refractivity contribution in [3.8, 4) is 10.4 Å². The molecule has 3 atom stereocenters. The van der Waals surface area contributed by atoms with Crippen LogP contribution in [-0.4, -0.2) is 84.5 Å². The molecule has 1 aromatic carbocycles. The van der Waals surface area contributed by atoms with E-state index in [4.69, 9.17) is 0 Å². The number of nitrogens with one attached hydrogen (secondary N) is 2. The van der Waals surface area contributed by atoms with Crippen molar-refractivity contribution in [2.24, 2.45) is 0 Å². The van der Waals surface area contributed by atoms with Crippen LogP contribution in [0.2, 0.25) is 0 Å². The van der Waals surface area contributed by atoms with Crippen LogP contribution in [0.25, 0.3) is 10.4 Å². The van der Waals surface area contributed by atoms with E-state index in [1.807, 2.05) is 36.5 Å². The normalized spacial score (nSPS) is 23.2. The number of piperazine rings is 1. The number of carbonyl (C=O) groups excluding carboxylic acids is 1. The highest BCUT2D eigenvalue weighted by Crippen LogP contribution is 2.35. The predicted molar refractivity (Wildman–Crippen MR) is 122 cm³/mol. The summed E-state index contributed by atoms with van der Waals surface area (Å²) in [5, 5.41) is 26.5. The van der Waals surface area contributed by atoms with Gasteiger partial charge in [-0.2, -0.15) is 0 Å². The van der Waals surface area contributed by atoms with Crippen molar-refractivity contribution in [2.75, 3.05) is 51.3 Å². The second kappa shape index (κ2) is 9.62. The maximum atomic E-state index is 12.9. The summed E-state index contributed by atoms with van der Waals surface area (Å²) in [5.41, 5.74) is 5.89. The van der Waals surface area contributed by atoms with Gasteiger partial charge in [0.15, 0.2) is 0 Å². The van der Waals surface area contributed by atoms with Crippen LogP contribution in [0, 0.1) is 6.92 Å². The standard InChI is InChI=1S/C22H31N5O3S/c1-14-21(31-13-24-14)15-3-4-17(19(9-15)27-7-5-23-6-8-27)18(12-28)25-22(30)20-10-16(29)11-26(20)2/h3-4,9,13,16,18,20,23,28-29H,5-8,10-12H2,1-2H3,(H,25,30). The fourth-order valence-corrected chi connectivity index (χ4v) is 5.31. The number of β-amino-alcohol motifs (C(OH)–C–C–N with tert-alkyl or cyclic N) is 1. The summed E-state index contributed by atoms with van der Waals surface area (Å²) in [6.45, 7) is 5.81. The average Bonchev–Trinajstić information content (AvgIpc) is 3.36. The molecule has 31 heavy (non-hydrogen) atoms. The van der Waals surface area contributed by atoms with Crippen LogP contribution in [0.3, 0.4) is 0 Å². The number of aliphatic hydroxyl groups is 2. The Morgan fingerprint density at radius 1 is 1.39 bits per heavy atom. The van der Waals surface area contributed by atoms with E-state index in [0.717, 1.165) is 53.6 Å². The Morgan fingerprint density at radius 2 is 2.16 bits per heavy atom. The molecule has 2 aliphatic rings. The van der Waals surface area contributed by atoms with Crippen molar-refractivity contribution in [1.29, 1.82) is 0 Å². The number of thiazole rings is 1. The number of anilines is 1. The van der Waals surface area contributed by atoms with Gasteiger partial charge in [-0.25, -0.2) is 4.98 Å². The lowest BCUT2D eigenvalue weighted by atomic mass is 9.99. The zero-order valence-electron chi connectivity index (χ0n) is 18.0. The van der Waals surface area contributed by atoms with Crippen LogP contribution < -0.4 is 15.5 Å². The number of rotatable bonds is 6. The second-order valence-corrected chi connectivity index (χ2v) is 9.22. The summed E-state index contributed by atoms with van der Waals surface area (Å²) in [6, 6.07) is 5.31. The van der Waals surface area contributed by atoms with Gasteiger partial charge in [-0.3, -0.25) is 9.69 Å². The number of hydrogen-bond acceptors (Lipinski definition) is 8. The van der Waals surface area contributed by atoms with Gasteiger partial charge in [-0.15, -0.1) is 11.3 Å². The molecule has 1 aromatic heterocycles. The molecule has 0 bridgehead atoms. The third kappa shape index (κ3) is 4.75. The molecule has 0 aliphatic carbocycles. The summed E-state index contributed by atoms with van der Waals surface area (Å²) >= 11 is 1.62. The van der Waals surface area contributed by atoms with Crippen molar-refractivity contribution in [3.05, 3.63) is 35.0 Å². The topological polar surface area (TPSA) is 101 Å². The van der Waals surface area contributed by atoms with Crippen LogP contribution in [0.1, 0.15) is 23.7 Å². The SMILES string of the molecule is Cc1ncsc1-c1ccc(C(CO)NC(=O)C2CC(O)CN2C)c(N2CCNCC2)c1. The molecule has 0 radical (unpaired) electrons. The van der Waals surface area contributed by atoms with Crippen LogP contribution in [0.5, 0.6) is 0 Å². The average molecular weight is 446 g/mol. The predicted octanol–water partition coefficient (Wildman–Crippen LogP) is 0.743. The van der Waals surface area contributed by atoms with Crippen LogP contribution in [0.4, 0.5) is 5.69 Å². The molecule has 0 spiro atoms. The van der Waals surface area contributed by atoms with E-state index >= 15 is 0 Å². The maximum Gasteiger partial charge on any atom is 0.238 e. The first-order valence-corrected chi connectivity index (χ1v) is 11.7. The maximum absolute atomic E-state index is 12.9. The van der Waals surface area contributed by atoms with Gasteiger partial charge in [-0.1, -0.05) is 12.1 Å². The summed E-state index contributed by atoms with van der Waals surface area (Å²) in [5.74, 6) is -0.160. The molecule has 1 amide bonds. The van der Waals surface area contributed by atoms with E-state index in [-0.39, 0.29) is 18.6 Å². The number of likely N-dealkylation sites (tertiary alicyclic amines) is 1. The van der Waals surface area contributed by atoms with E-state index in [0.29, 0.717) is 13.0 Å². The smallest absolute Gasteiger partial charge is 0.238 e. The van der Waals surface area contributed by atoms with Gasteiger partial charge >= 0.3 is 0 Å². The summed E-state index contributed by atoms with van der Waals surface area (Å²) in [4.78, 5) is 22.6. The van der Waals surface area contributed by atoms with E-state index in [1.54, 1.807) is 11.3 Å². The number of aliphatic hydroxyl groups excluding tert-OH is 2. The van der Waals surface area contributed by atoms with Gasteiger partial charge in [0.05, 0.1) is 40.9 Å². The Balaban J connectivity index is 1.64. The first kappa shape index (κ1) is 22.2. The molecular weight excluding hydrogens is 414 g/mol. The lowest BCUT2D eigenvalue weighted by Gasteiger charge is -2.33. The van der Waals surface area contributed by atoms with Gasteiger partial charge in [-0.05, 0) is 32.0 Å². The molecular formula is C22H31N5O3S. The Kier molecular flexibility index (Phi) is 6.88. The quantitative estimate of drug-likeness (QED) is 0.520. The molecule has 0 saturated carbocycles. The minimum atomic E-state index is -0.514. The Hall–Kier alpha value is -2.04. The van der Waals surface area contributed by atoms with Crippen molar-refractivity contribution in [2.45, 2.75) is 31.5 Å². The second-order valence-electron chi connectivity index (χ2n) is 8.37. The minimum Gasteiger partial charge on any atom is -0.394 e. The summed E-state index contributed by atoms with van der Waals surface area (Å²) in [7, 11) is 1.84. The van der Waals surface area contributed by atoms with Crippen LogP contribution in [0.15, 0.2) is 23.7 Å². The number of carbonyl (C=O) groups is 1. The van der Waals surface area contributed by atoms with Crippen LogP contribution in [-0.2, 0) is 4.79 Å². The largest absolute Gasteiger partial charge is 0.394 e. The summed E-state index contributed by atoms with van der Waals surface area (Å²) < 4.78 is 0. The summed E-state index contributed by atoms with van der Waals surface area (Å²) in [6.07, 6.45) is -0.0824. The zero-order valence-corrected chi connectivity index (χ0v) is 18.9. The fraction of sp³-hybridized carbons (Fsp3) is 0.545. The lowest BCUT2D eigenvalue weighted by Crippen LogP contribution is -2.46. The molecule has 3 unspecified atom stereocenters. The molecule has 9 heteroatoms.